The molecule has 1 atom stereocenters. The molecule has 0 bridgehead atoms. The predicted octanol–water partition coefficient (Wildman–Crippen LogP) is 2.39. The molecule has 1 amide bonds. The fourth-order valence-corrected chi connectivity index (χ4v) is 3.34. The summed E-state index contributed by atoms with van der Waals surface area (Å²) in [5, 5.41) is 7.53. The number of nitrogens with one attached hydrogen (secondary N) is 1. The first-order valence-corrected chi connectivity index (χ1v) is 9.03. The standard InChI is InChI=1S/C19H27N5O/c1-15(2)11-19(25)21-9-6-17-13-23(12-16-5-3-4-8-20-16)14-18-7-10-22-24(17)18/h3-5,7-8,10,15,17H,6,9,11-14H2,1-2H3,(H,21,25)/t17-/m1/s1. The summed E-state index contributed by atoms with van der Waals surface area (Å²) in [5.41, 5.74) is 2.31. The molecule has 2 aromatic heterocycles. The first-order valence-electron chi connectivity index (χ1n) is 9.03. The zero-order valence-corrected chi connectivity index (χ0v) is 15.1. The number of rotatable bonds is 7. The average molecular weight is 341 g/mol. The molecule has 1 aliphatic rings. The van der Waals surface area contributed by atoms with Crippen molar-refractivity contribution in [3.63, 3.8) is 0 Å². The summed E-state index contributed by atoms with van der Waals surface area (Å²) < 4.78 is 2.11. The van der Waals surface area contributed by atoms with E-state index in [2.05, 4.69) is 51.0 Å². The molecule has 0 aromatic carbocycles. The minimum Gasteiger partial charge on any atom is -0.356 e. The highest BCUT2D eigenvalue weighted by Crippen LogP contribution is 2.23. The maximum absolute atomic E-state index is 11.8. The van der Waals surface area contributed by atoms with Crippen molar-refractivity contribution in [1.29, 1.82) is 0 Å². The van der Waals surface area contributed by atoms with Crippen LogP contribution in [0.4, 0.5) is 0 Å². The Balaban J connectivity index is 1.58. The van der Waals surface area contributed by atoms with Crippen molar-refractivity contribution in [2.75, 3.05) is 13.1 Å². The van der Waals surface area contributed by atoms with Gasteiger partial charge in [0.15, 0.2) is 0 Å². The van der Waals surface area contributed by atoms with E-state index in [9.17, 15) is 4.79 Å². The molecule has 134 valence electrons. The third-order valence-electron chi connectivity index (χ3n) is 4.46. The number of nitrogens with zero attached hydrogens (tertiary/aromatic N) is 4. The molecule has 0 fully saturated rings. The third-order valence-corrected chi connectivity index (χ3v) is 4.46. The van der Waals surface area contributed by atoms with Gasteiger partial charge in [0.2, 0.25) is 5.91 Å². The van der Waals surface area contributed by atoms with Gasteiger partial charge in [-0.15, -0.1) is 0 Å². The van der Waals surface area contributed by atoms with Crippen LogP contribution in [-0.2, 0) is 17.9 Å². The van der Waals surface area contributed by atoms with Crippen LogP contribution in [0.25, 0.3) is 0 Å². The lowest BCUT2D eigenvalue weighted by Crippen LogP contribution is -2.39. The van der Waals surface area contributed by atoms with Crippen LogP contribution >= 0.6 is 0 Å². The van der Waals surface area contributed by atoms with Crippen molar-refractivity contribution < 1.29 is 4.79 Å². The Kier molecular flexibility index (Phi) is 5.81. The highest BCUT2D eigenvalue weighted by molar-refractivity contribution is 5.75. The van der Waals surface area contributed by atoms with Crippen LogP contribution in [0.1, 0.15) is 44.1 Å². The van der Waals surface area contributed by atoms with Crippen LogP contribution in [0, 0.1) is 5.92 Å². The van der Waals surface area contributed by atoms with Gasteiger partial charge in [0.05, 0.1) is 17.4 Å². The topological polar surface area (TPSA) is 63.1 Å². The van der Waals surface area contributed by atoms with Crippen LogP contribution in [0.15, 0.2) is 36.7 Å². The highest BCUT2D eigenvalue weighted by atomic mass is 16.1. The van der Waals surface area contributed by atoms with Gasteiger partial charge >= 0.3 is 0 Å². The molecule has 25 heavy (non-hydrogen) atoms. The molecule has 1 aliphatic heterocycles. The molecular weight excluding hydrogens is 314 g/mol. The maximum atomic E-state index is 11.8. The Bertz CT molecular complexity index is 682. The number of amides is 1. The molecule has 0 saturated heterocycles. The largest absolute Gasteiger partial charge is 0.356 e. The number of pyridine rings is 1. The first-order chi connectivity index (χ1) is 12.1. The SMILES string of the molecule is CC(C)CC(=O)NCC[C@@H]1CN(Cc2ccccn2)Cc2ccnn21. The van der Waals surface area contributed by atoms with Crippen LogP contribution in [0.2, 0.25) is 0 Å². The Morgan fingerprint density at radius 3 is 2.96 bits per heavy atom. The van der Waals surface area contributed by atoms with Gasteiger partial charge in [-0.3, -0.25) is 19.4 Å². The van der Waals surface area contributed by atoms with Gasteiger partial charge < -0.3 is 5.32 Å². The lowest BCUT2D eigenvalue weighted by atomic mass is 10.1. The second-order valence-electron chi connectivity index (χ2n) is 7.15. The lowest BCUT2D eigenvalue weighted by Gasteiger charge is -2.33. The first kappa shape index (κ1) is 17.6. The molecule has 0 spiro atoms. The summed E-state index contributed by atoms with van der Waals surface area (Å²) in [6.45, 7) is 7.45. The number of carbonyl (C=O) groups excluding carboxylic acids is 1. The summed E-state index contributed by atoms with van der Waals surface area (Å²) in [4.78, 5) is 18.7. The molecule has 2 aromatic rings. The van der Waals surface area contributed by atoms with Crippen LogP contribution in [0.5, 0.6) is 0 Å². The van der Waals surface area contributed by atoms with E-state index in [1.807, 2.05) is 24.5 Å². The summed E-state index contributed by atoms with van der Waals surface area (Å²) >= 11 is 0. The summed E-state index contributed by atoms with van der Waals surface area (Å²) in [6.07, 6.45) is 5.18. The average Bonchev–Trinajstić information content (AvgIpc) is 3.03. The Morgan fingerprint density at radius 2 is 2.20 bits per heavy atom. The van der Waals surface area contributed by atoms with Crippen LogP contribution in [-0.4, -0.2) is 38.7 Å². The van der Waals surface area contributed by atoms with Crippen molar-refractivity contribution in [2.24, 2.45) is 5.92 Å². The van der Waals surface area contributed by atoms with E-state index in [-0.39, 0.29) is 11.9 Å². The summed E-state index contributed by atoms with van der Waals surface area (Å²) in [7, 11) is 0. The minimum atomic E-state index is 0.136. The number of hydrogen-bond donors (Lipinski definition) is 1. The van der Waals surface area contributed by atoms with E-state index in [4.69, 9.17) is 0 Å². The molecule has 0 aliphatic carbocycles. The van der Waals surface area contributed by atoms with Gasteiger partial charge in [0.25, 0.3) is 0 Å². The van der Waals surface area contributed by atoms with E-state index >= 15 is 0 Å². The molecule has 6 heteroatoms. The maximum Gasteiger partial charge on any atom is 0.220 e. The van der Waals surface area contributed by atoms with Crippen molar-refractivity contribution in [2.45, 2.75) is 45.8 Å². The molecule has 1 N–H and O–H groups in total. The Hall–Kier alpha value is -2.21. The van der Waals surface area contributed by atoms with E-state index in [1.165, 1.54) is 5.69 Å². The van der Waals surface area contributed by atoms with Gasteiger partial charge in [-0.1, -0.05) is 19.9 Å². The zero-order chi connectivity index (χ0) is 17.6. The second kappa shape index (κ2) is 8.25. The monoisotopic (exact) mass is 341 g/mol. The van der Waals surface area contributed by atoms with Crippen LogP contribution < -0.4 is 5.32 Å². The van der Waals surface area contributed by atoms with Gasteiger partial charge in [-0.05, 0) is 30.5 Å². The third kappa shape index (κ3) is 4.89. The fraction of sp³-hybridized carbons (Fsp3) is 0.526. The van der Waals surface area contributed by atoms with E-state index in [0.29, 0.717) is 18.9 Å². The van der Waals surface area contributed by atoms with Gasteiger partial charge in [-0.2, -0.15) is 5.10 Å². The number of carbonyl (C=O) groups is 1. The van der Waals surface area contributed by atoms with Crippen molar-refractivity contribution in [3.8, 4) is 0 Å². The quantitative estimate of drug-likeness (QED) is 0.840. The van der Waals surface area contributed by atoms with Crippen LogP contribution in [0.3, 0.4) is 0 Å². The predicted molar refractivity (Wildman–Crippen MR) is 96.7 cm³/mol. The highest BCUT2D eigenvalue weighted by Gasteiger charge is 2.25. The summed E-state index contributed by atoms with van der Waals surface area (Å²) in [6, 6.07) is 8.39. The van der Waals surface area contributed by atoms with E-state index in [0.717, 1.165) is 31.7 Å². The molecule has 3 heterocycles. The molecule has 3 rings (SSSR count). The zero-order valence-electron chi connectivity index (χ0n) is 15.1. The van der Waals surface area contributed by atoms with Gasteiger partial charge in [0.1, 0.15) is 0 Å². The second-order valence-corrected chi connectivity index (χ2v) is 7.15. The molecular formula is C19H27N5O. The molecule has 0 saturated carbocycles. The molecule has 0 radical (unpaired) electrons. The van der Waals surface area contributed by atoms with Gasteiger partial charge in [-0.25, -0.2) is 0 Å². The van der Waals surface area contributed by atoms with Crippen molar-refractivity contribution in [1.82, 2.24) is 25.0 Å². The van der Waals surface area contributed by atoms with Gasteiger partial charge in [0, 0.05) is 45.0 Å². The van der Waals surface area contributed by atoms with E-state index in [1.54, 1.807) is 0 Å². The smallest absolute Gasteiger partial charge is 0.220 e. The Morgan fingerprint density at radius 1 is 1.32 bits per heavy atom. The number of fused-ring (bicyclic) bond motifs is 1. The van der Waals surface area contributed by atoms with Crippen molar-refractivity contribution in [3.05, 3.63) is 48.0 Å². The number of aromatic nitrogens is 3. The normalized spacial score (nSPS) is 17.5. The summed E-state index contributed by atoms with van der Waals surface area (Å²) in [5.74, 6) is 0.526. The molecule has 0 unspecified atom stereocenters. The number of hydrogen-bond acceptors (Lipinski definition) is 4. The van der Waals surface area contributed by atoms with Crippen molar-refractivity contribution >= 4 is 5.91 Å². The fourth-order valence-electron chi connectivity index (χ4n) is 3.34. The molecule has 6 nitrogen and oxygen atoms in total. The minimum absolute atomic E-state index is 0.136. The lowest BCUT2D eigenvalue weighted by molar-refractivity contribution is -0.121. The Labute approximate surface area is 149 Å². The van der Waals surface area contributed by atoms with E-state index < -0.39 is 0 Å².